The van der Waals surface area contributed by atoms with E-state index in [0.29, 0.717) is 5.56 Å². The predicted octanol–water partition coefficient (Wildman–Crippen LogP) is 3.70. The van der Waals surface area contributed by atoms with Gasteiger partial charge in [-0.05, 0) is 43.5 Å². The first-order valence-corrected chi connectivity index (χ1v) is 8.12. The van der Waals surface area contributed by atoms with Crippen LogP contribution in [-0.4, -0.2) is 17.9 Å². The Morgan fingerprint density at radius 1 is 0.917 bits per heavy atom. The standard InChI is InChI=1S/C20H24N2O2/c1-13(2)18(20(24)21-17-8-6-5-7-15(17)4)22-19(23)16-11-9-14(3)10-12-16/h5-13,18H,1-4H3,(H,21,24)(H,22,23)/t18-/m0/s1. The van der Waals surface area contributed by atoms with Crippen LogP contribution in [0, 0.1) is 19.8 Å². The molecule has 24 heavy (non-hydrogen) atoms. The second-order valence-electron chi connectivity index (χ2n) is 6.37. The number of anilines is 1. The van der Waals surface area contributed by atoms with Crippen LogP contribution in [-0.2, 0) is 4.79 Å². The van der Waals surface area contributed by atoms with Gasteiger partial charge in [0.15, 0.2) is 0 Å². The lowest BCUT2D eigenvalue weighted by Gasteiger charge is -2.22. The average Bonchev–Trinajstić information content (AvgIpc) is 2.54. The van der Waals surface area contributed by atoms with Crippen molar-refractivity contribution in [3.8, 4) is 0 Å². The van der Waals surface area contributed by atoms with Crippen LogP contribution < -0.4 is 10.6 Å². The minimum absolute atomic E-state index is 0.0246. The van der Waals surface area contributed by atoms with Crippen LogP contribution in [0.1, 0.15) is 35.3 Å². The zero-order valence-electron chi connectivity index (χ0n) is 14.6. The molecule has 0 aliphatic rings. The number of carbonyl (C=O) groups excluding carboxylic acids is 2. The molecule has 1 atom stereocenters. The highest BCUT2D eigenvalue weighted by Gasteiger charge is 2.25. The second-order valence-corrected chi connectivity index (χ2v) is 6.37. The van der Waals surface area contributed by atoms with Crippen molar-refractivity contribution in [2.75, 3.05) is 5.32 Å². The van der Waals surface area contributed by atoms with Gasteiger partial charge in [-0.15, -0.1) is 0 Å². The number of hydrogen-bond donors (Lipinski definition) is 2. The summed E-state index contributed by atoms with van der Waals surface area (Å²) in [6, 6.07) is 14.3. The van der Waals surface area contributed by atoms with E-state index in [0.717, 1.165) is 16.8 Å². The maximum Gasteiger partial charge on any atom is 0.251 e. The normalized spacial score (nSPS) is 11.9. The van der Waals surface area contributed by atoms with Gasteiger partial charge >= 0.3 is 0 Å². The molecule has 126 valence electrons. The van der Waals surface area contributed by atoms with Crippen molar-refractivity contribution < 1.29 is 9.59 Å². The van der Waals surface area contributed by atoms with Gasteiger partial charge in [0.2, 0.25) is 5.91 Å². The molecule has 0 bridgehead atoms. The van der Waals surface area contributed by atoms with Gasteiger partial charge in [0.05, 0.1) is 0 Å². The molecule has 0 fully saturated rings. The molecule has 0 spiro atoms. The van der Waals surface area contributed by atoms with E-state index in [1.165, 1.54) is 0 Å². The first kappa shape index (κ1) is 17.7. The third kappa shape index (κ3) is 4.44. The molecule has 2 amide bonds. The van der Waals surface area contributed by atoms with Crippen LogP contribution >= 0.6 is 0 Å². The van der Waals surface area contributed by atoms with Crippen molar-refractivity contribution >= 4 is 17.5 Å². The number of hydrogen-bond acceptors (Lipinski definition) is 2. The lowest BCUT2D eigenvalue weighted by molar-refractivity contribution is -0.118. The second kappa shape index (κ2) is 7.77. The first-order chi connectivity index (χ1) is 11.4. The summed E-state index contributed by atoms with van der Waals surface area (Å²) in [6.07, 6.45) is 0. The fourth-order valence-corrected chi connectivity index (χ4v) is 2.39. The van der Waals surface area contributed by atoms with Crippen molar-refractivity contribution in [1.29, 1.82) is 0 Å². The van der Waals surface area contributed by atoms with Crippen molar-refractivity contribution in [3.05, 3.63) is 65.2 Å². The predicted molar refractivity (Wildman–Crippen MR) is 97.1 cm³/mol. The van der Waals surface area contributed by atoms with Crippen molar-refractivity contribution in [3.63, 3.8) is 0 Å². The van der Waals surface area contributed by atoms with Gasteiger partial charge in [-0.25, -0.2) is 0 Å². The Hall–Kier alpha value is -2.62. The summed E-state index contributed by atoms with van der Waals surface area (Å²) in [5.41, 5.74) is 3.38. The third-order valence-corrected chi connectivity index (χ3v) is 3.95. The SMILES string of the molecule is Cc1ccc(C(=O)N[C@H](C(=O)Nc2ccccc2C)C(C)C)cc1. The highest BCUT2D eigenvalue weighted by molar-refractivity contribution is 6.01. The van der Waals surface area contributed by atoms with E-state index in [-0.39, 0.29) is 17.7 Å². The minimum Gasteiger partial charge on any atom is -0.340 e. The maximum absolute atomic E-state index is 12.6. The zero-order chi connectivity index (χ0) is 17.7. The summed E-state index contributed by atoms with van der Waals surface area (Å²) < 4.78 is 0. The molecule has 2 N–H and O–H groups in total. The number of aryl methyl sites for hydroxylation is 2. The summed E-state index contributed by atoms with van der Waals surface area (Å²) in [5.74, 6) is -0.475. The van der Waals surface area contributed by atoms with Crippen LogP contribution in [0.25, 0.3) is 0 Å². The molecule has 0 saturated carbocycles. The monoisotopic (exact) mass is 324 g/mol. The summed E-state index contributed by atoms with van der Waals surface area (Å²) >= 11 is 0. The van der Waals surface area contributed by atoms with Gasteiger partial charge in [0.25, 0.3) is 5.91 Å². The number of benzene rings is 2. The molecule has 2 aromatic carbocycles. The Labute approximate surface area is 143 Å². The molecule has 4 heteroatoms. The molecule has 0 aromatic heterocycles. The third-order valence-electron chi connectivity index (χ3n) is 3.95. The zero-order valence-corrected chi connectivity index (χ0v) is 14.6. The summed E-state index contributed by atoms with van der Waals surface area (Å²) in [6.45, 7) is 7.73. The fourth-order valence-electron chi connectivity index (χ4n) is 2.39. The molecule has 0 saturated heterocycles. The number of rotatable bonds is 5. The quantitative estimate of drug-likeness (QED) is 0.881. The summed E-state index contributed by atoms with van der Waals surface area (Å²) in [7, 11) is 0. The molecule has 0 aliphatic carbocycles. The summed E-state index contributed by atoms with van der Waals surface area (Å²) in [5, 5.41) is 5.74. The Kier molecular flexibility index (Phi) is 5.74. The molecule has 0 aliphatic heterocycles. The molecule has 2 aromatic rings. The Bertz CT molecular complexity index is 721. The minimum atomic E-state index is -0.599. The van der Waals surface area contributed by atoms with Gasteiger partial charge < -0.3 is 10.6 Å². The lowest BCUT2D eigenvalue weighted by Crippen LogP contribution is -2.47. The van der Waals surface area contributed by atoms with E-state index in [1.807, 2.05) is 64.1 Å². The van der Waals surface area contributed by atoms with Gasteiger partial charge in [0, 0.05) is 11.3 Å². The number of amides is 2. The topological polar surface area (TPSA) is 58.2 Å². The number of nitrogens with one attached hydrogen (secondary N) is 2. The molecule has 2 rings (SSSR count). The van der Waals surface area contributed by atoms with Crippen LogP contribution in [0.3, 0.4) is 0 Å². The average molecular weight is 324 g/mol. The van der Waals surface area contributed by atoms with E-state index in [2.05, 4.69) is 10.6 Å². The van der Waals surface area contributed by atoms with Crippen molar-refractivity contribution in [2.24, 2.45) is 5.92 Å². The molecular weight excluding hydrogens is 300 g/mol. The maximum atomic E-state index is 12.6. The number of para-hydroxylation sites is 1. The van der Waals surface area contributed by atoms with Crippen molar-refractivity contribution in [2.45, 2.75) is 33.7 Å². The molecule has 0 radical (unpaired) electrons. The Balaban J connectivity index is 2.11. The van der Waals surface area contributed by atoms with Crippen LogP contribution in [0.4, 0.5) is 5.69 Å². The van der Waals surface area contributed by atoms with Gasteiger partial charge in [-0.3, -0.25) is 9.59 Å². The van der Waals surface area contributed by atoms with E-state index in [9.17, 15) is 9.59 Å². The van der Waals surface area contributed by atoms with E-state index < -0.39 is 6.04 Å². The smallest absolute Gasteiger partial charge is 0.251 e. The van der Waals surface area contributed by atoms with E-state index >= 15 is 0 Å². The van der Waals surface area contributed by atoms with E-state index in [4.69, 9.17) is 0 Å². The number of carbonyl (C=O) groups is 2. The van der Waals surface area contributed by atoms with Gasteiger partial charge in [0.1, 0.15) is 6.04 Å². The highest BCUT2D eigenvalue weighted by Crippen LogP contribution is 2.15. The van der Waals surface area contributed by atoms with Crippen LogP contribution in [0.15, 0.2) is 48.5 Å². The first-order valence-electron chi connectivity index (χ1n) is 8.12. The molecule has 0 heterocycles. The van der Waals surface area contributed by atoms with Crippen LogP contribution in [0.5, 0.6) is 0 Å². The fraction of sp³-hybridized carbons (Fsp3) is 0.300. The Morgan fingerprint density at radius 3 is 2.12 bits per heavy atom. The van der Waals surface area contributed by atoms with Gasteiger partial charge in [-0.2, -0.15) is 0 Å². The van der Waals surface area contributed by atoms with E-state index in [1.54, 1.807) is 12.1 Å². The molecular formula is C20H24N2O2. The highest BCUT2D eigenvalue weighted by atomic mass is 16.2. The van der Waals surface area contributed by atoms with Crippen LogP contribution in [0.2, 0.25) is 0 Å². The lowest BCUT2D eigenvalue weighted by atomic mass is 10.0. The molecule has 0 unspecified atom stereocenters. The van der Waals surface area contributed by atoms with Crippen molar-refractivity contribution in [1.82, 2.24) is 5.32 Å². The largest absolute Gasteiger partial charge is 0.340 e. The van der Waals surface area contributed by atoms with Gasteiger partial charge in [-0.1, -0.05) is 49.7 Å². The summed E-state index contributed by atoms with van der Waals surface area (Å²) in [4.78, 5) is 25.0. The Morgan fingerprint density at radius 2 is 1.54 bits per heavy atom. The molecule has 4 nitrogen and oxygen atoms in total.